The topological polar surface area (TPSA) is 87.4 Å². The molecule has 0 spiro atoms. The first kappa shape index (κ1) is 13.7. The molecule has 2 heterocycles. The highest BCUT2D eigenvalue weighted by Crippen LogP contribution is 2.24. The van der Waals surface area contributed by atoms with Crippen LogP contribution in [0.5, 0.6) is 0 Å². The number of nitriles is 1. The van der Waals surface area contributed by atoms with Crippen molar-refractivity contribution in [2.45, 2.75) is 31.8 Å². The van der Waals surface area contributed by atoms with Gasteiger partial charge in [0, 0.05) is 12.7 Å². The van der Waals surface area contributed by atoms with Gasteiger partial charge in [-0.15, -0.1) is 0 Å². The van der Waals surface area contributed by atoms with E-state index in [0.717, 1.165) is 0 Å². The van der Waals surface area contributed by atoms with E-state index >= 15 is 0 Å². The van der Waals surface area contributed by atoms with Crippen molar-refractivity contribution >= 4 is 5.82 Å². The fourth-order valence-electron chi connectivity index (χ4n) is 1.87. The Morgan fingerprint density at radius 2 is 2.47 bits per heavy atom. The van der Waals surface area contributed by atoms with E-state index < -0.39 is 11.9 Å². The number of aliphatic hydroxyl groups is 1. The molecular weight excluding hydrogens is 246 g/mol. The van der Waals surface area contributed by atoms with Crippen LogP contribution in [0, 0.1) is 11.3 Å². The Morgan fingerprint density at radius 3 is 3.11 bits per heavy atom. The van der Waals surface area contributed by atoms with Gasteiger partial charge in [-0.25, -0.2) is 4.98 Å². The number of hydrogen-bond donors (Lipinski definition) is 2. The Morgan fingerprint density at radius 1 is 1.68 bits per heavy atom. The monoisotopic (exact) mass is 263 g/mol. The minimum absolute atomic E-state index is 0.246. The molecule has 0 saturated carbocycles. The molecule has 1 aromatic rings. The molecule has 0 aromatic carbocycles. The lowest BCUT2D eigenvalue weighted by Gasteiger charge is -2.20. The standard InChI is InChI=1S/C13H17N3O3/c1-13(2)18-8-11(19-13)10(17)7-16-12-9(6-14)4-3-5-15-12/h3-5,10-11,17H,7-8H2,1-2H3,(H,15,16)/t10?,11-/m1/s1. The third-order valence-electron chi connectivity index (χ3n) is 2.87. The van der Waals surface area contributed by atoms with Crippen LogP contribution in [-0.2, 0) is 9.47 Å². The zero-order valence-corrected chi connectivity index (χ0v) is 11.0. The summed E-state index contributed by atoms with van der Waals surface area (Å²) in [6.07, 6.45) is 0.487. The van der Waals surface area contributed by atoms with Gasteiger partial charge in [0.05, 0.1) is 18.3 Å². The van der Waals surface area contributed by atoms with Gasteiger partial charge in [-0.05, 0) is 26.0 Å². The van der Waals surface area contributed by atoms with Crippen molar-refractivity contribution < 1.29 is 14.6 Å². The van der Waals surface area contributed by atoms with Gasteiger partial charge in [-0.2, -0.15) is 5.26 Å². The van der Waals surface area contributed by atoms with Crippen LogP contribution >= 0.6 is 0 Å². The zero-order chi connectivity index (χ0) is 13.9. The predicted molar refractivity (Wildman–Crippen MR) is 68.4 cm³/mol. The van der Waals surface area contributed by atoms with Crippen molar-refractivity contribution in [2.75, 3.05) is 18.5 Å². The number of nitrogens with zero attached hydrogens (tertiary/aromatic N) is 2. The molecule has 1 saturated heterocycles. The first-order valence-electron chi connectivity index (χ1n) is 6.10. The minimum Gasteiger partial charge on any atom is -0.388 e. The maximum atomic E-state index is 10.0. The van der Waals surface area contributed by atoms with Crippen molar-refractivity contribution in [1.29, 1.82) is 5.26 Å². The fourth-order valence-corrected chi connectivity index (χ4v) is 1.87. The SMILES string of the molecule is CC1(C)OC[C@H](C(O)CNc2ncccc2C#N)O1. The number of rotatable bonds is 4. The Balaban J connectivity index is 1.91. The van der Waals surface area contributed by atoms with Crippen LogP contribution in [0.25, 0.3) is 0 Å². The predicted octanol–water partition coefficient (Wildman–Crippen LogP) is 0.878. The van der Waals surface area contributed by atoms with E-state index in [9.17, 15) is 5.11 Å². The summed E-state index contributed by atoms with van der Waals surface area (Å²) >= 11 is 0. The van der Waals surface area contributed by atoms with Crippen molar-refractivity contribution in [2.24, 2.45) is 0 Å². The number of pyridine rings is 1. The fraction of sp³-hybridized carbons (Fsp3) is 0.538. The highest BCUT2D eigenvalue weighted by atomic mass is 16.7. The van der Waals surface area contributed by atoms with E-state index in [1.807, 2.05) is 6.07 Å². The molecule has 1 fully saturated rings. The average Bonchev–Trinajstić information content (AvgIpc) is 2.76. The molecule has 0 radical (unpaired) electrons. The molecule has 6 nitrogen and oxygen atoms in total. The number of hydrogen-bond acceptors (Lipinski definition) is 6. The van der Waals surface area contributed by atoms with Gasteiger partial charge in [0.2, 0.25) is 0 Å². The average molecular weight is 263 g/mol. The van der Waals surface area contributed by atoms with Crippen molar-refractivity contribution in [3.63, 3.8) is 0 Å². The van der Waals surface area contributed by atoms with Crippen LogP contribution in [0.4, 0.5) is 5.82 Å². The summed E-state index contributed by atoms with van der Waals surface area (Å²) in [5.41, 5.74) is 0.443. The second kappa shape index (κ2) is 5.53. The van der Waals surface area contributed by atoms with Gasteiger partial charge in [0.1, 0.15) is 18.0 Å². The van der Waals surface area contributed by atoms with Gasteiger partial charge in [0.15, 0.2) is 5.79 Å². The Labute approximate surface area is 112 Å². The molecule has 0 amide bonds. The third kappa shape index (κ3) is 3.41. The molecule has 2 N–H and O–H groups in total. The highest BCUT2D eigenvalue weighted by molar-refractivity contribution is 5.51. The summed E-state index contributed by atoms with van der Waals surface area (Å²) in [6.45, 7) is 4.21. The van der Waals surface area contributed by atoms with E-state index in [0.29, 0.717) is 18.0 Å². The number of ether oxygens (including phenoxy) is 2. The van der Waals surface area contributed by atoms with Crippen LogP contribution in [0.3, 0.4) is 0 Å². The smallest absolute Gasteiger partial charge is 0.163 e. The summed E-state index contributed by atoms with van der Waals surface area (Å²) in [7, 11) is 0. The van der Waals surface area contributed by atoms with Gasteiger partial charge in [-0.3, -0.25) is 0 Å². The van der Waals surface area contributed by atoms with E-state index in [1.54, 1.807) is 32.2 Å². The summed E-state index contributed by atoms with van der Waals surface area (Å²) < 4.78 is 11.0. The maximum absolute atomic E-state index is 10.0. The molecule has 2 atom stereocenters. The first-order chi connectivity index (χ1) is 9.02. The molecule has 1 aliphatic heterocycles. The van der Waals surface area contributed by atoms with Crippen LogP contribution in [0.1, 0.15) is 19.4 Å². The quantitative estimate of drug-likeness (QED) is 0.838. The molecular formula is C13H17N3O3. The molecule has 19 heavy (non-hydrogen) atoms. The maximum Gasteiger partial charge on any atom is 0.163 e. The largest absolute Gasteiger partial charge is 0.388 e. The Bertz CT molecular complexity index is 484. The van der Waals surface area contributed by atoms with Crippen LogP contribution in [0.2, 0.25) is 0 Å². The van der Waals surface area contributed by atoms with Gasteiger partial charge in [-0.1, -0.05) is 0 Å². The molecule has 1 aromatic heterocycles. The third-order valence-corrected chi connectivity index (χ3v) is 2.87. The summed E-state index contributed by atoms with van der Waals surface area (Å²) in [4.78, 5) is 4.06. The van der Waals surface area contributed by atoms with E-state index in [2.05, 4.69) is 10.3 Å². The normalized spacial score (nSPS) is 22.7. The lowest BCUT2D eigenvalue weighted by molar-refractivity contribution is -0.149. The number of nitrogens with one attached hydrogen (secondary N) is 1. The molecule has 0 bridgehead atoms. The number of aromatic nitrogens is 1. The number of anilines is 1. The molecule has 6 heteroatoms. The summed E-state index contributed by atoms with van der Waals surface area (Å²) in [5, 5.41) is 21.9. The van der Waals surface area contributed by atoms with E-state index in [4.69, 9.17) is 14.7 Å². The Hall–Kier alpha value is -1.68. The summed E-state index contributed by atoms with van der Waals surface area (Å²) in [6, 6.07) is 5.40. The molecule has 102 valence electrons. The molecule has 1 aliphatic rings. The minimum atomic E-state index is -0.727. The van der Waals surface area contributed by atoms with Crippen LogP contribution in [-0.4, -0.2) is 41.2 Å². The van der Waals surface area contributed by atoms with E-state index in [1.165, 1.54) is 0 Å². The van der Waals surface area contributed by atoms with Crippen molar-refractivity contribution in [3.8, 4) is 6.07 Å². The van der Waals surface area contributed by atoms with Gasteiger partial charge in [0.25, 0.3) is 0 Å². The van der Waals surface area contributed by atoms with Gasteiger partial charge < -0.3 is 19.9 Å². The van der Waals surface area contributed by atoms with Crippen molar-refractivity contribution in [1.82, 2.24) is 4.98 Å². The first-order valence-corrected chi connectivity index (χ1v) is 6.10. The molecule has 1 unspecified atom stereocenters. The zero-order valence-electron chi connectivity index (χ0n) is 11.0. The lowest BCUT2D eigenvalue weighted by atomic mass is 10.2. The van der Waals surface area contributed by atoms with E-state index in [-0.39, 0.29) is 12.6 Å². The Kier molecular flexibility index (Phi) is 4.00. The highest BCUT2D eigenvalue weighted by Gasteiger charge is 2.36. The second-order valence-electron chi connectivity index (χ2n) is 4.83. The van der Waals surface area contributed by atoms with Gasteiger partial charge >= 0.3 is 0 Å². The molecule has 2 rings (SSSR count). The lowest BCUT2D eigenvalue weighted by Crippen LogP contribution is -2.36. The van der Waals surface area contributed by atoms with Crippen LogP contribution in [0.15, 0.2) is 18.3 Å². The number of aliphatic hydroxyl groups excluding tert-OH is 1. The summed E-state index contributed by atoms with van der Waals surface area (Å²) in [5.74, 6) is -0.198. The second-order valence-corrected chi connectivity index (χ2v) is 4.83. The molecule has 0 aliphatic carbocycles. The van der Waals surface area contributed by atoms with Crippen LogP contribution < -0.4 is 5.32 Å². The van der Waals surface area contributed by atoms with Crippen molar-refractivity contribution in [3.05, 3.63) is 23.9 Å².